The highest BCUT2D eigenvalue weighted by Gasteiger charge is 2.43. The van der Waals surface area contributed by atoms with Crippen molar-refractivity contribution >= 4 is 5.91 Å². The summed E-state index contributed by atoms with van der Waals surface area (Å²) in [6.45, 7) is 6.55. The zero-order valence-electron chi connectivity index (χ0n) is 16.6. The fourth-order valence-electron chi connectivity index (χ4n) is 4.44. The van der Waals surface area contributed by atoms with E-state index in [0.29, 0.717) is 13.1 Å². The van der Waals surface area contributed by atoms with E-state index in [-0.39, 0.29) is 17.6 Å². The molecule has 1 amide bonds. The maximum Gasteiger partial charge on any atom is 0.254 e. The van der Waals surface area contributed by atoms with Crippen molar-refractivity contribution < 1.29 is 9.53 Å². The molecule has 2 fully saturated rings. The van der Waals surface area contributed by atoms with E-state index in [2.05, 4.69) is 28.9 Å². The SMILES string of the molecule is CC1CN(C(=O)c2ccccc2)CC2(CCN(CCc3ccncc3)CC2)O1. The lowest BCUT2D eigenvalue weighted by molar-refractivity contribution is -0.161. The van der Waals surface area contributed by atoms with Crippen molar-refractivity contribution in [1.29, 1.82) is 0 Å². The summed E-state index contributed by atoms with van der Waals surface area (Å²) in [5, 5.41) is 0. The van der Waals surface area contributed by atoms with Gasteiger partial charge in [-0.05, 0) is 56.0 Å². The zero-order valence-corrected chi connectivity index (χ0v) is 16.6. The van der Waals surface area contributed by atoms with Crippen molar-refractivity contribution in [2.24, 2.45) is 0 Å². The molecule has 3 heterocycles. The van der Waals surface area contributed by atoms with Gasteiger partial charge in [0.2, 0.25) is 0 Å². The summed E-state index contributed by atoms with van der Waals surface area (Å²) in [7, 11) is 0. The summed E-state index contributed by atoms with van der Waals surface area (Å²) >= 11 is 0. The molecule has 28 heavy (non-hydrogen) atoms. The molecule has 0 aliphatic carbocycles. The second-order valence-corrected chi connectivity index (χ2v) is 8.11. The van der Waals surface area contributed by atoms with E-state index >= 15 is 0 Å². The molecule has 0 N–H and O–H groups in total. The summed E-state index contributed by atoms with van der Waals surface area (Å²) in [5.74, 6) is 0.121. The number of pyridine rings is 1. The van der Waals surface area contributed by atoms with Crippen molar-refractivity contribution in [2.45, 2.75) is 37.9 Å². The Morgan fingerprint density at radius 3 is 2.57 bits per heavy atom. The third-order valence-corrected chi connectivity index (χ3v) is 5.95. The fourth-order valence-corrected chi connectivity index (χ4v) is 4.44. The van der Waals surface area contributed by atoms with E-state index in [9.17, 15) is 4.79 Å². The van der Waals surface area contributed by atoms with Crippen molar-refractivity contribution in [2.75, 3.05) is 32.7 Å². The molecule has 1 aromatic heterocycles. The highest BCUT2D eigenvalue weighted by molar-refractivity contribution is 5.94. The number of carbonyl (C=O) groups excluding carboxylic acids is 1. The first-order valence-corrected chi connectivity index (χ1v) is 10.3. The van der Waals surface area contributed by atoms with Gasteiger partial charge >= 0.3 is 0 Å². The van der Waals surface area contributed by atoms with Crippen molar-refractivity contribution in [3.05, 3.63) is 66.0 Å². The molecule has 2 aliphatic rings. The minimum atomic E-state index is -0.199. The number of hydrogen-bond donors (Lipinski definition) is 0. The Kier molecular flexibility index (Phi) is 5.74. The Morgan fingerprint density at radius 2 is 1.86 bits per heavy atom. The number of rotatable bonds is 4. The third-order valence-electron chi connectivity index (χ3n) is 5.95. The smallest absolute Gasteiger partial charge is 0.254 e. The van der Waals surface area contributed by atoms with Gasteiger partial charge in [0.25, 0.3) is 5.91 Å². The lowest BCUT2D eigenvalue weighted by atomic mass is 9.88. The molecule has 4 rings (SSSR count). The van der Waals surface area contributed by atoms with E-state index in [1.807, 2.05) is 47.6 Å². The molecule has 2 saturated heterocycles. The van der Waals surface area contributed by atoms with Crippen LogP contribution in [0.3, 0.4) is 0 Å². The lowest BCUT2D eigenvalue weighted by Gasteiger charge is -2.49. The molecule has 2 aromatic rings. The molecule has 1 spiro atoms. The van der Waals surface area contributed by atoms with Gasteiger partial charge in [0, 0.05) is 44.1 Å². The molecular formula is C23H29N3O2. The van der Waals surface area contributed by atoms with Crippen LogP contribution in [0.2, 0.25) is 0 Å². The summed E-state index contributed by atoms with van der Waals surface area (Å²) < 4.78 is 6.41. The first-order chi connectivity index (χ1) is 13.6. The molecule has 1 unspecified atom stereocenters. The predicted octanol–water partition coefficient (Wildman–Crippen LogP) is 3.02. The number of carbonyl (C=O) groups is 1. The molecule has 1 aromatic carbocycles. The number of hydrogen-bond acceptors (Lipinski definition) is 4. The van der Waals surface area contributed by atoms with Gasteiger partial charge in [0.1, 0.15) is 0 Å². The largest absolute Gasteiger partial charge is 0.368 e. The van der Waals surface area contributed by atoms with Crippen molar-refractivity contribution in [3.8, 4) is 0 Å². The summed E-state index contributed by atoms with van der Waals surface area (Å²) in [5.41, 5.74) is 1.90. The van der Waals surface area contributed by atoms with Gasteiger partial charge in [-0.15, -0.1) is 0 Å². The predicted molar refractivity (Wildman–Crippen MR) is 109 cm³/mol. The number of aromatic nitrogens is 1. The first kappa shape index (κ1) is 19.1. The zero-order chi connectivity index (χ0) is 19.4. The van der Waals surface area contributed by atoms with E-state index in [1.165, 1.54) is 5.56 Å². The Balaban J connectivity index is 1.35. The van der Waals surface area contributed by atoms with Gasteiger partial charge in [-0.3, -0.25) is 9.78 Å². The summed E-state index contributed by atoms with van der Waals surface area (Å²) in [6, 6.07) is 13.8. The second kappa shape index (κ2) is 8.41. The van der Waals surface area contributed by atoms with Crippen molar-refractivity contribution in [1.82, 2.24) is 14.8 Å². The number of benzene rings is 1. The standard InChI is InChI=1S/C23H29N3O2/c1-19-17-26(22(27)21-5-3-2-4-6-21)18-23(28-19)10-15-25(16-11-23)14-9-20-7-12-24-13-8-20/h2-8,12-13,19H,9-11,14-18H2,1H3. The van der Waals surface area contributed by atoms with Gasteiger partial charge < -0.3 is 14.5 Å². The van der Waals surface area contributed by atoms with Crippen molar-refractivity contribution in [3.63, 3.8) is 0 Å². The summed E-state index contributed by atoms with van der Waals surface area (Å²) in [4.78, 5) is 21.5. The van der Waals surface area contributed by atoms with E-state index < -0.39 is 0 Å². The van der Waals surface area contributed by atoms with E-state index in [0.717, 1.165) is 44.5 Å². The van der Waals surface area contributed by atoms with Gasteiger partial charge in [-0.1, -0.05) is 18.2 Å². The lowest BCUT2D eigenvalue weighted by Crippen LogP contribution is -2.60. The van der Waals surface area contributed by atoms with Crippen LogP contribution in [0.4, 0.5) is 0 Å². The molecule has 1 atom stereocenters. The topological polar surface area (TPSA) is 45.7 Å². The maximum absolute atomic E-state index is 12.9. The average molecular weight is 380 g/mol. The van der Waals surface area contributed by atoms with Gasteiger partial charge in [0.05, 0.1) is 18.2 Å². The van der Waals surface area contributed by atoms with Crippen LogP contribution in [0, 0.1) is 0 Å². The fraction of sp³-hybridized carbons (Fsp3) is 0.478. The number of piperidine rings is 1. The highest BCUT2D eigenvalue weighted by Crippen LogP contribution is 2.33. The molecule has 2 aliphatic heterocycles. The number of morpholine rings is 1. The molecular weight excluding hydrogens is 350 g/mol. The van der Waals surface area contributed by atoms with Crippen LogP contribution in [0.1, 0.15) is 35.7 Å². The van der Waals surface area contributed by atoms with Crippen LogP contribution in [-0.2, 0) is 11.2 Å². The Hall–Kier alpha value is -2.24. The molecule has 5 heteroatoms. The van der Waals surface area contributed by atoms with E-state index in [4.69, 9.17) is 4.74 Å². The quantitative estimate of drug-likeness (QED) is 0.819. The molecule has 148 valence electrons. The number of ether oxygens (including phenoxy) is 1. The van der Waals surface area contributed by atoms with Gasteiger partial charge in [0.15, 0.2) is 0 Å². The number of amides is 1. The molecule has 0 saturated carbocycles. The normalized spacial score (nSPS) is 22.3. The molecule has 5 nitrogen and oxygen atoms in total. The van der Waals surface area contributed by atoms with Gasteiger partial charge in [-0.25, -0.2) is 0 Å². The monoisotopic (exact) mass is 379 g/mol. The van der Waals surface area contributed by atoms with E-state index in [1.54, 1.807) is 0 Å². The first-order valence-electron chi connectivity index (χ1n) is 10.3. The Morgan fingerprint density at radius 1 is 1.14 bits per heavy atom. The third kappa shape index (κ3) is 4.42. The average Bonchev–Trinajstić information content (AvgIpc) is 2.74. The summed E-state index contributed by atoms with van der Waals surface area (Å²) in [6.07, 6.45) is 6.79. The number of likely N-dealkylation sites (tertiary alicyclic amines) is 1. The van der Waals surface area contributed by atoms with Crippen LogP contribution in [0.25, 0.3) is 0 Å². The number of nitrogens with zero attached hydrogens (tertiary/aromatic N) is 3. The van der Waals surface area contributed by atoms with Crippen LogP contribution >= 0.6 is 0 Å². The van der Waals surface area contributed by atoms with Crippen LogP contribution in [0.5, 0.6) is 0 Å². The maximum atomic E-state index is 12.9. The minimum absolute atomic E-state index is 0.0739. The highest BCUT2D eigenvalue weighted by atomic mass is 16.5. The minimum Gasteiger partial charge on any atom is -0.368 e. The molecule has 0 radical (unpaired) electrons. The molecule has 0 bridgehead atoms. The van der Waals surface area contributed by atoms with Crippen LogP contribution in [-0.4, -0.2) is 65.1 Å². The van der Waals surface area contributed by atoms with Crippen LogP contribution < -0.4 is 0 Å². The van der Waals surface area contributed by atoms with Gasteiger partial charge in [-0.2, -0.15) is 0 Å². The Labute approximate surface area is 167 Å². The van der Waals surface area contributed by atoms with Crippen LogP contribution in [0.15, 0.2) is 54.9 Å². The second-order valence-electron chi connectivity index (χ2n) is 8.11. The Bertz CT molecular complexity index is 773.